The van der Waals surface area contributed by atoms with Crippen molar-refractivity contribution in [3.05, 3.63) is 33.9 Å². The van der Waals surface area contributed by atoms with Gasteiger partial charge in [-0.1, -0.05) is 12.1 Å². The molecular formula is C12H16N2O3. The summed E-state index contributed by atoms with van der Waals surface area (Å²) in [5.41, 5.74) is 1.33. The molecule has 1 aromatic carbocycles. The number of anilines is 1. The normalized spacial score (nSPS) is 15.9. The lowest BCUT2D eigenvalue weighted by atomic mass is 10.1. The lowest BCUT2D eigenvalue weighted by Gasteiger charge is -2.29. The predicted molar refractivity (Wildman–Crippen MR) is 65.1 cm³/mol. The Labute approximate surface area is 99.8 Å². The maximum Gasteiger partial charge on any atom is 0.292 e. The van der Waals surface area contributed by atoms with Gasteiger partial charge in [-0.25, -0.2) is 0 Å². The van der Waals surface area contributed by atoms with Crippen molar-refractivity contribution in [2.75, 3.05) is 18.0 Å². The molecule has 1 aliphatic heterocycles. The molecule has 92 valence electrons. The van der Waals surface area contributed by atoms with E-state index in [-0.39, 0.29) is 17.2 Å². The van der Waals surface area contributed by atoms with Gasteiger partial charge in [0.1, 0.15) is 5.69 Å². The van der Waals surface area contributed by atoms with Gasteiger partial charge >= 0.3 is 0 Å². The van der Waals surface area contributed by atoms with Crippen LogP contribution in [0.4, 0.5) is 11.4 Å². The molecule has 0 bridgehead atoms. The molecule has 0 amide bonds. The zero-order chi connectivity index (χ0) is 12.3. The lowest BCUT2D eigenvalue weighted by molar-refractivity contribution is -0.384. The fraction of sp³-hybridized carbons (Fsp3) is 0.500. The quantitative estimate of drug-likeness (QED) is 0.644. The Morgan fingerprint density at radius 3 is 2.59 bits per heavy atom. The first-order valence-electron chi connectivity index (χ1n) is 5.86. The minimum atomic E-state index is -0.372. The van der Waals surface area contributed by atoms with Crippen LogP contribution in [0.25, 0.3) is 0 Å². The van der Waals surface area contributed by atoms with Gasteiger partial charge in [0.25, 0.3) is 5.69 Å². The Kier molecular flexibility index (Phi) is 3.58. The van der Waals surface area contributed by atoms with E-state index in [1.807, 2.05) is 4.90 Å². The summed E-state index contributed by atoms with van der Waals surface area (Å²) in [6.45, 7) is 1.50. The molecule has 1 saturated heterocycles. The van der Waals surface area contributed by atoms with Gasteiger partial charge in [0.2, 0.25) is 0 Å². The number of nitro groups is 1. The molecule has 0 aliphatic carbocycles. The maximum atomic E-state index is 11.0. The summed E-state index contributed by atoms with van der Waals surface area (Å²) in [6.07, 6.45) is 3.28. The fourth-order valence-corrected chi connectivity index (χ4v) is 2.34. The molecule has 0 aromatic heterocycles. The molecule has 0 saturated carbocycles. The van der Waals surface area contributed by atoms with Crippen molar-refractivity contribution < 1.29 is 10.0 Å². The van der Waals surface area contributed by atoms with Crippen LogP contribution in [-0.4, -0.2) is 23.1 Å². The minimum absolute atomic E-state index is 0.0958. The van der Waals surface area contributed by atoms with E-state index in [0.717, 1.165) is 25.9 Å². The lowest BCUT2D eigenvalue weighted by Crippen LogP contribution is -2.30. The topological polar surface area (TPSA) is 66.6 Å². The van der Waals surface area contributed by atoms with Gasteiger partial charge in [-0.15, -0.1) is 0 Å². The van der Waals surface area contributed by atoms with Crippen LogP contribution in [0.15, 0.2) is 18.2 Å². The van der Waals surface area contributed by atoms with Crippen LogP contribution in [0.5, 0.6) is 0 Å². The number of hydrogen-bond acceptors (Lipinski definition) is 4. The third-order valence-corrected chi connectivity index (χ3v) is 3.14. The number of nitro benzene ring substituents is 1. The molecule has 2 rings (SSSR count). The molecular weight excluding hydrogens is 220 g/mol. The van der Waals surface area contributed by atoms with Crippen LogP contribution >= 0.6 is 0 Å². The summed E-state index contributed by atoms with van der Waals surface area (Å²) in [6, 6.07) is 4.87. The van der Waals surface area contributed by atoms with Crippen LogP contribution in [0, 0.1) is 10.1 Å². The third-order valence-electron chi connectivity index (χ3n) is 3.14. The zero-order valence-corrected chi connectivity index (χ0v) is 9.63. The van der Waals surface area contributed by atoms with Crippen molar-refractivity contribution in [2.45, 2.75) is 25.9 Å². The van der Waals surface area contributed by atoms with Crippen LogP contribution < -0.4 is 4.90 Å². The van der Waals surface area contributed by atoms with Crippen molar-refractivity contribution in [1.29, 1.82) is 0 Å². The van der Waals surface area contributed by atoms with Crippen LogP contribution in [-0.2, 0) is 6.61 Å². The standard InChI is InChI=1S/C12H16N2O3/c15-9-10-5-4-6-11(14(16)17)12(10)13-7-2-1-3-8-13/h4-6,15H,1-3,7-9H2. The Morgan fingerprint density at radius 2 is 2.00 bits per heavy atom. The first-order valence-corrected chi connectivity index (χ1v) is 5.86. The Hall–Kier alpha value is -1.62. The monoisotopic (exact) mass is 236 g/mol. The second-order valence-corrected chi connectivity index (χ2v) is 4.25. The Bertz CT molecular complexity index is 414. The first-order chi connectivity index (χ1) is 8.24. The largest absolute Gasteiger partial charge is 0.392 e. The van der Waals surface area contributed by atoms with Crippen LogP contribution in [0.3, 0.4) is 0 Å². The molecule has 0 atom stereocenters. The van der Waals surface area contributed by atoms with Crippen LogP contribution in [0.1, 0.15) is 24.8 Å². The molecule has 5 heteroatoms. The first kappa shape index (κ1) is 11.9. The summed E-state index contributed by atoms with van der Waals surface area (Å²) < 4.78 is 0. The van der Waals surface area contributed by atoms with Crippen molar-refractivity contribution >= 4 is 11.4 Å². The van der Waals surface area contributed by atoms with Crippen LogP contribution in [0.2, 0.25) is 0 Å². The second-order valence-electron chi connectivity index (χ2n) is 4.25. The van der Waals surface area contributed by atoms with Crippen molar-refractivity contribution in [3.8, 4) is 0 Å². The highest BCUT2D eigenvalue weighted by Crippen LogP contribution is 2.33. The summed E-state index contributed by atoms with van der Waals surface area (Å²) >= 11 is 0. The van der Waals surface area contributed by atoms with Gasteiger partial charge in [-0.3, -0.25) is 10.1 Å². The van der Waals surface area contributed by atoms with Gasteiger partial charge in [-0.2, -0.15) is 0 Å². The van der Waals surface area contributed by atoms with Gasteiger partial charge in [0.15, 0.2) is 0 Å². The molecule has 0 radical (unpaired) electrons. The van der Waals surface area contributed by atoms with E-state index in [1.165, 1.54) is 12.5 Å². The SMILES string of the molecule is O=[N+]([O-])c1cccc(CO)c1N1CCCCC1. The number of aliphatic hydroxyl groups is 1. The molecule has 1 aliphatic rings. The maximum absolute atomic E-state index is 11.0. The highest BCUT2D eigenvalue weighted by molar-refractivity contribution is 5.68. The summed E-state index contributed by atoms with van der Waals surface area (Å²) in [5, 5.41) is 20.3. The van der Waals surface area contributed by atoms with Crippen molar-refractivity contribution in [1.82, 2.24) is 0 Å². The number of nitrogens with zero attached hydrogens (tertiary/aromatic N) is 2. The van der Waals surface area contributed by atoms with Crippen molar-refractivity contribution in [2.24, 2.45) is 0 Å². The predicted octanol–water partition coefficient (Wildman–Crippen LogP) is 2.08. The van der Waals surface area contributed by atoms with E-state index in [9.17, 15) is 15.2 Å². The molecule has 17 heavy (non-hydrogen) atoms. The smallest absolute Gasteiger partial charge is 0.292 e. The molecule has 0 spiro atoms. The fourth-order valence-electron chi connectivity index (χ4n) is 2.34. The van der Waals surface area contributed by atoms with Crippen molar-refractivity contribution in [3.63, 3.8) is 0 Å². The average molecular weight is 236 g/mol. The number of para-hydroxylation sites is 1. The van der Waals surface area contributed by atoms with E-state index in [4.69, 9.17) is 0 Å². The van der Waals surface area contributed by atoms with Gasteiger partial charge in [-0.05, 0) is 19.3 Å². The summed E-state index contributed by atoms with van der Waals surface area (Å²) in [5.74, 6) is 0. The molecule has 0 unspecified atom stereocenters. The summed E-state index contributed by atoms with van der Waals surface area (Å²) in [4.78, 5) is 12.7. The molecule has 1 fully saturated rings. The van der Waals surface area contributed by atoms with E-state index in [2.05, 4.69) is 0 Å². The number of aliphatic hydroxyl groups excluding tert-OH is 1. The third kappa shape index (κ3) is 2.39. The second kappa shape index (κ2) is 5.14. The average Bonchev–Trinajstić information content (AvgIpc) is 2.38. The molecule has 1 aromatic rings. The number of benzene rings is 1. The zero-order valence-electron chi connectivity index (χ0n) is 9.63. The van der Waals surface area contributed by atoms with E-state index in [0.29, 0.717) is 11.3 Å². The minimum Gasteiger partial charge on any atom is -0.392 e. The molecule has 1 N–H and O–H groups in total. The highest BCUT2D eigenvalue weighted by atomic mass is 16.6. The summed E-state index contributed by atoms with van der Waals surface area (Å²) in [7, 11) is 0. The molecule has 5 nitrogen and oxygen atoms in total. The molecule has 1 heterocycles. The van der Waals surface area contributed by atoms with Gasteiger partial charge in [0, 0.05) is 24.7 Å². The Morgan fingerprint density at radius 1 is 1.29 bits per heavy atom. The van der Waals surface area contributed by atoms with Gasteiger partial charge < -0.3 is 10.0 Å². The highest BCUT2D eigenvalue weighted by Gasteiger charge is 2.23. The Balaban J connectivity index is 2.43. The van der Waals surface area contributed by atoms with E-state index >= 15 is 0 Å². The number of hydrogen-bond donors (Lipinski definition) is 1. The van der Waals surface area contributed by atoms with E-state index in [1.54, 1.807) is 12.1 Å². The van der Waals surface area contributed by atoms with E-state index < -0.39 is 0 Å². The number of piperidine rings is 1. The van der Waals surface area contributed by atoms with Gasteiger partial charge in [0.05, 0.1) is 11.5 Å². The number of rotatable bonds is 3.